The lowest BCUT2D eigenvalue weighted by Gasteiger charge is -2.18. The SMILES string of the molecule is CC/C=C\C/C=C\C/C=C\C/C=C\C/C=C\C/C=C\CCC(=O)OCC(COC(=O)CCCCCCC/C=C\C/C=C\CCCCCC)OC(=O)CCCCCCCCCCCCCCCCCCCC. The summed E-state index contributed by atoms with van der Waals surface area (Å²) < 4.78 is 16.8. The fourth-order valence-corrected chi connectivity index (χ4v) is 8.15. The van der Waals surface area contributed by atoms with Crippen molar-refractivity contribution >= 4 is 17.9 Å². The first-order chi connectivity index (χ1) is 35.0. The highest BCUT2D eigenvalue weighted by Crippen LogP contribution is 2.16. The number of ether oxygens (including phenoxy) is 3. The maximum Gasteiger partial charge on any atom is 0.306 e. The van der Waals surface area contributed by atoms with Gasteiger partial charge in [0.05, 0.1) is 0 Å². The van der Waals surface area contributed by atoms with E-state index in [0.717, 1.165) is 103 Å². The first-order valence-electron chi connectivity index (χ1n) is 29.7. The Morgan fingerprint density at radius 2 is 0.577 bits per heavy atom. The van der Waals surface area contributed by atoms with Crippen molar-refractivity contribution in [1.82, 2.24) is 0 Å². The molecular formula is C65H110O6. The van der Waals surface area contributed by atoms with E-state index >= 15 is 0 Å². The van der Waals surface area contributed by atoms with E-state index in [0.29, 0.717) is 19.3 Å². The molecule has 0 aromatic heterocycles. The zero-order valence-corrected chi connectivity index (χ0v) is 46.5. The summed E-state index contributed by atoms with van der Waals surface area (Å²) in [5.41, 5.74) is 0. The number of esters is 3. The molecule has 71 heavy (non-hydrogen) atoms. The van der Waals surface area contributed by atoms with Crippen LogP contribution in [0.1, 0.15) is 278 Å². The molecule has 0 amide bonds. The quantitative estimate of drug-likeness (QED) is 0.0261. The van der Waals surface area contributed by atoms with Gasteiger partial charge >= 0.3 is 17.9 Å². The Bertz CT molecular complexity index is 1410. The highest BCUT2D eigenvalue weighted by molar-refractivity contribution is 5.71. The largest absolute Gasteiger partial charge is 0.462 e. The van der Waals surface area contributed by atoms with Gasteiger partial charge in [0.1, 0.15) is 13.2 Å². The summed E-state index contributed by atoms with van der Waals surface area (Å²) in [5, 5.41) is 0. The molecule has 0 fully saturated rings. The molecule has 0 aliphatic heterocycles. The average Bonchev–Trinajstić information content (AvgIpc) is 3.37. The van der Waals surface area contributed by atoms with Crippen LogP contribution in [0.4, 0.5) is 0 Å². The maximum atomic E-state index is 12.9. The first-order valence-corrected chi connectivity index (χ1v) is 29.7. The molecule has 0 saturated heterocycles. The zero-order valence-electron chi connectivity index (χ0n) is 46.5. The Morgan fingerprint density at radius 3 is 0.958 bits per heavy atom. The van der Waals surface area contributed by atoms with Gasteiger partial charge < -0.3 is 14.2 Å². The number of hydrogen-bond acceptors (Lipinski definition) is 6. The van der Waals surface area contributed by atoms with Crippen LogP contribution in [0, 0.1) is 0 Å². The first kappa shape index (κ1) is 67.3. The van der Waals surface area contributed by atoms with Crippen LogP contribution in [-0.2, 0) is 28.6 Å². The molecule has 0 heterocycles. The van der Waals surface area contributed by atoms with E-state index in [4.69, 9.17) is 14.2 Å². The van der Waals surface area contributed by atoms with Crippen molar-refractivity contribution < 1.29 is 28.6 Å². The number of rotatable bonds is 53. The lowest BCUT2D eigenvalue weighted by Crippen LogP contribution is -2.30. The molecule has 1 unspecified atom stereocenters. The minimum Gasteiger partial charge on any atom is -0.462 e. The van der Waals surface area contributed by atoms with Crippen LogP contribution < -0.4 is 0 Å². The van der Waals surface area contributed by atoms with Crippen LogP contribution in [0.2, 0.25) is 0 Å². The molecule has 0 spiro atoms. The van der Waals surface area contributed by atoms with Gasteiger partial charge in [0.2, 0.25) is 0 Å². The number of hydrogen-bond donors (Lipinski definition) is 0. The van der Waals surface area contributed by atoms with Crippen LogP contribution >= 0.6 is 0 Å². The molecule has 0 bridgehead atoms. The highest BCUT2D eigenvalue weighted by atomic mass is 16.6. The molecule has 6 heteroatoms. The normalized spacial score (nSPS) is 12.8. The lowest BCUT2D eigenvalue weighted by atomic mass is 10.0. The van der Waals surface area contributed by atoms with Crippen molar-refractivity contribution in [2.45, 2.75) is 284 Å². The van der Waals surface area contributed by atoms with Gasteiger partial charge in [-0.15, -0.1) is 0 Å². The summed E-state index contributed by atoms with van der Waals surface area (Å²) in [7, 11) is 0. The van der Waals surface area contributed by atoms with Crippen molar-refractivity contribution in [1.29, 1.82) is 0 Å². The van der Waals surface area contributed by atoms with Gasteiger partial charge in [0, 0.05) is 19.3 Å². The van der Waals surface area contributed by atoms with E-state index in [-0.39, 0.29) is 37.5 Å². The molecule has 6 nitrogen and oxygen atoms in total. The minimum atomic E-state index is -0.814. The molecule has 0 aromatic rings. The summed E-state index contributed by atoms with van der Waals surface area (Å²) >= 11 is 0. The van der Waals surface area contributed by atoms with E-state index in [1.807, 2.05) is 6.08 Å². The third kappa shape index (κ3) is 57.1. The molecule has 0 radical (unpaired) electrons. The third-order valence-electron chi connectivity index (χ3n) is 12.6. The van der Waals surface area contributed by atoms with Crippen molar-refractivity contribution in [2.24, 2.45) is 0 Å². The molecular weight excluding hydrogens is 877 g/mol. The van der Waals surface area contributed by atoms with Crippen LogP contribution in [0.3, 0.4) is 0 Å². The van der Waals surface area contributed by atoms with Gasteiger partial charge in [0.25, 0.3) is 0 Å². The Morgan fingerprint density at radius 1 is 0.296 bits per heavy atom. The Balaban J connectivity index is 4.50. The Labute approximate surface area is 438 Å². The van der Waals surface area contributed by atoms with E-state index in [9.17, 15) is 14.4 Å². The van der Waals surface area contributed by atoms with Gasteiger partial charge in [-0.3, -0.25) is 14.4 Å². The summed E-state index contributed by atoms with van der Waals surface area (Å²) in [5.74, 6) is -0.999. The predicted octanol–water partition coefficient (Wildman–Crippen LogP) is 20.1. The number of allylic oxidation sites excluding steroid dienone is 16. The Hall–Kier alpha value is -3.67. The number of carbonyl (C=O) groups is 3. The summed E-state index contributed by atoms with van der Waals surface area (Å²) in [4.78, 5) is 38.2. The second-order valence-corrected chi connectivity index (χ2v) is 19.5. The van der Waals surface area contributed by atoms with Gasteiger partial charge in [-0.2, -0.15) is 0 Å². The van der Waals surface area contributed by atoms with E-state index in [1.54, 1.807) is 0 Å². The molecule has 0 aliphatic rings. The van der Waals surface area contributed by atoms with Gasteiger partial charge in [-0.05, 0) is 89.9 Å². The summed E-state index contributed by atoms with van der Waals surface area (Å²) in [6.45, 7) is 6.45. The zero-order chi connectivity index (χ0) is 51.4. The van der Waals surface area contributed by atoms with Crippen molar-refractivity contribution in [2.75, 3.05) is 13.2 Å². The minimum absolute atomic E-state index is 0.107. The molecule has 0 aromatic carbocycles. The Kier molecular flexibility index (Phi) is 55.9. The standard InChI is InChI=1S/C65H110O6/c1-4-7-10-13-16-19-22-25-28-31-33-35-37-40-43-46-49-52-55-58-64(67)70-61-62(60-69-63(66)57-54-51-48-45-42-39-36-30-27-24-21-18-15-12-9-6-3)71-65(68)59-56-53-50-47-44-41-38-34-32-29-26-23-20-17-14-11-8-5-2/h7,10,16,19,21,24-25,28,30,33,35-36,40,43,49,52,62H,4-6,8-9,11-15,17-18,20,22-23,26-27,29,31-32,34,37-39,41-42,44-48,50-51,53-61H2,1-3H3/b10-7-,19-16-,24-21-,28-25-,35-33-,36-30-,43-40-,52-49-. The average molecular weight is 988 g/mol. The van der Waals surface area contributed by atoms with E-state index < -0.39 is 6.10 Å². The fraction of sp³-hybridized carbons (Fsp3) is 0.708. The van der Waals surface area contributed by atoms with Crippen LogP contribution in [0.5, 0.6) is 0 Å². The highest BCUT2D eigenvalue weighted by Gasteiger charge is 2.19. The molecule has 0 saturated carbocycles. The van der Waals surface area contributed by atoms with Crippen molar-refractivity contribution in [3.05, 3.63) is 97.2 Å². The lowest BCUT2D eigenvalue weighted by molar-refractivity contribution is -0.166. The maximum absolute atomic E-state index is 12.9. The monoisotopic (exact) mass is 987 g/mol. The van der Waals surface area contributed by atoms with E-state index in [2.05, 4.69) is 112 Å². The second-order valence-electron chi connectivity index (χ2n) is 19.5. The third-order valence-corrected chi connectivity index (χ3v) is 12.6. The predicted molar refractivity (Wildman–Crippen MR) is 307 cm³/mol. The molecule has 0 N–H and O–H groups in total. The van der Waals surface area contributed by atoms with Crippen LogP contribution in [0.15, 0.2) is 97.2 Å². The smallest absolute Gasteiger partial charge is 0.306 e. The molecule has 0 aliphatic carbocycles. The summed E-state index contributed by atoms with van der Waals surface area (Å²) in [6.07, 6.45) is 78.4. The van der Waals surface area contributed by atoms with Crippen molar-refractivity contribution in [3.8, 4) is 0 Å². The van der Waals surface area contributed by atoms with Crippen molar-refractivity contribution in [3.63, 3.8) is 0 Å². The van der Waals surface area contributed by atoms with Crippen LogP contribution in [-0.4, -0.2) is 37.2 Å². The van der Waals surface area contributed by atoms with Gasteiger partial charge in [-0.1, -0.05) is 266 Å². The van der Waals surface area contributed by atoms with E-state index in [1.165, 1.54) is 128 Å². The fourth-order valence-electron chi connectivity index (χ4n) is 8.15. The topological polar surface area (TPSA) is 78.9 Å². The molecule has 0 rings (SSSR count). The molecule has 406 valence electrons. The molecule has 1 atom stereocenters. The van der Waals surface area contributed by atoms with Gasteiger partial charge in [0.15, 0.2) is 6.10 Å². The van der Waals surface area contributed by atoms with Crippen LogP contribution in [0.25, 0.3) is 0 Å². The van der Waals surface area contributed by atoms with Gasteiger partial charge in [-0.25, -0.2) is 0 Å². The second kappa shape index (κ2) is 58.9. The number of carbonyl (C=O) groups excluding carboxylic acids is 3. The summed E-state index contributed by atoms with van der Waals surface area (Å²) in [6, 6.07) is 0. The number of unbranched alkanes of at least 4 members (excludes halogenated alkanes) is 26.